The van der Waals surface area contributed by atoms with Crippen LogP contribution in [0.2, 0.25) is 0 Å². The largest absolute Gasteiger partial charge is 0.463 e. The Hall–Kier alpha value is -2.14. The molecule has 25 heavy (non-hydrogen) atoms. The van der Waals surface area contributed by atoms with Crippen molar-refractivity contribution in [1.82, 2.24) is 0 Å². The average Bonchev–Trinajstić information content (AvgIpc) is 2.62. The first-order valence-electron chi connectivity index (χ1n) is 7.67. The van der Waals surface area contributed by atoms with Gasteiger partial charge in [-0.3, -0.25) is 4.57 Å². The van der Waals surface area contributed by atoms with Crippen LogP contribution < -0.4 is 10.0 Å². The lowest BCUT2D eigenvalue weighted by molar-refractivity contribution is 0.342. The molecule has 2 aromatic rings. The molecule has 0 aromatic heterocycles. The Balaban J connectivity index is 2.00. The van der Waals surface area contributed by atoms with Crippen LogP contribution in [0.15, 0.2) is 82.6 Å². The zero-order valence-corrected chi connectivity index (χ0v) is 15.2. The summed E-state index contributed by atoms with van der Waals surface area (Å²) >= 11 is 0. The summed E-state index contributed by atoms with van der Waals surface area (Å²) in [5.41, 5.74) is 0. The molecular weight excluding hydrogens is 359 g/mol. The monoisotopic (exact) mass is 376 g/mol. The molecule has 0 N–H and O–H groups in total. The minimum Gasteiger partial charge on any atom is -0.463 e. The molecule has 0 fully saturated rings. The van der Waals surface area contributed by atoms with Crippen molar-refractivity contribution in [2.24, 2.45) is 0 Å². The first kappa shape index (κ1) is 17.7. The number of ether oxygens (including phenoxy) is 1. The molecule has 0 saturated carbocycles. The predicted octanol–water partition coefficient (Wildman–Crippen LogP) is 3.85. The van der Waals surface area contributed by atoms with Crippen molar-refractivity contribution in [2.75, 3.05) is 6.61 Å². The van der Waals surface area contributed by atoms with Gasteiger partial charge in [0.15, 0.2) is 9.84 Å². The number of rotatable bonds is 5. The quantitative estimate of drug-likeness (QED) is 0.742. The lowest BCUT2D eigenvalue weighted by Crippen LogP contribution is -2.16. The van der Waals surface area contributed by atoms with E-state index in [0.29, 0.717) is 11.1 Å². The predicted molar refractivity (Wildman–Crippen MR) is 96.8 cm³/mol. The normalized spacial score (nSPS) is 20.0. The van der Waals surface area contributed by atoms with Crippen molar-refractivity contribution in [3.8, 4) is 5.75 Å². The van der Waals surface area contributed by atoms with Crippen molar-refractivity contribution in [3.05, 3.63) is 77.7 Å². The topological polar surface area (TPSA) is 69.7 Å². The molecule has 7 heteroatoms. The smallest absolute Gasteiger partial charge is 0.268 e. The molecular formula is C18H17O5PS. The van der Waals surface area contributed by atoms with Gasteiger partial charge in [-0.05, 0) is 37.3 Å². The van der Waals surface area contributed by atoms with Crippen LogP contribution in [0.5, 0.6) is 5.75 Å². The number of hydrogen-bond donors (Lipinski definition) is 0. The second-order valence-corrected chi connectivity index (χ2v) is 9.45. The minimum absolute atomic E-state index is 0.162. The number of benzene rings is 2. The molecule has 1 heterocycles. The second kappa shape index (κ2) is 7.00. The van der Waals surface area contributed by atoms with Gasteiger partial charge in [-0.25, -0.2) is 8.42 Å². The summed E-state index contributed by atoms with van der Waals surface area (Å²) in [6.07, 6.45) is 2.57. The van der Waals surface area contributed by atoms with Crippen LogP contribution >= 0.6 is 7.37 Å². The summed E-state index contributed by atoms with van der Waals surface area (Å²) in [4.78, 5) is 0.162. The fraction of sp³-hybridized carbons (Fsp3) is 0.111. The molecule has 0 bridgehead atoms. The van der Waals surface area contributed by atoms with Gasteiger partial charge >= 0.3 is 0 Å². The Labute approximate surface area is 147 Å². The maximum Gasteiger partial charge on any atom is 0.268 e. The summed E-state index contributed by atoms with van der Waals surface area (Å²) in [7, 11) is -7.06. The Morgan fingerprint density at radius 2 is 1.76 bits per heavy atom. The highest BCUT2D eigenvalue weighted by atomic mass is 32.2. The summed E-state index contributed by atoms with van der Waals surface area (Å²) in [5, 5.41) is 1.65. The van der Waals surface area contributed by atoms with E-state index in [4.69, 9.17) is 9.26 Å². The first-order chi connectivity index (χ1) is 12.0. The maximum absolute atomic E-state index is 13.4. The van der Waals surface area contributed by atoms with E-state index in [1.807, 2.05) is 0 Å². The molecule has 2 aromatic carbocycles. The van der Waals surface area contributed by atoms with Crippen LogP contribution in [0.4, 0.5) is 0 Å². The molecule has 130 valence electrons. The highest BCUT2D eigenvalue weighted by Crippen LogP contribution is 2.58. The molecule has 1 aliphatic heterocycles. The maximum atomic E-state index is 13.4. The molecule has 1 unspecified atom stereocenters. The fourth-order valence-electron chi connectivity index (χ4n) is 2.44. The third-order valence-electron chi connectivity index (χ3n) is 3.63. The SMILES string of the molecule is CCOP1(=O)C(/C=C/S(=O)(=O)c2ccccc2)=COc2ccccc21. The van der Waals surface area contributed by atoms with Gasteiger partial charge in [0.05, 0.1) is 22.1 Å². The van der Waals surface area contributed by atoms with Crippen LogP contribution in [-0.4, -0.2) is 15.0 Å². The van der Waals surface area contributed by atoms with Crippen molar-refractivity contribution in [1.29, 1.82) is 0 Å². The fourth-order valence-corrected chi connectivity index (χ4v) is 5.66. The molecule has 0 spiro atoms. The van der Waals surface area contributed by atoms with Crippen molar-refractivity contribution in [2.45, 2.75) is 11.8 Å². The van der Waals surface area contributed by atoms with Crippen molar-refractivity contribution in [3.63, 3.8) is 0 Å². The van der Waals surface area contributed by atoms with Gasteiger partial charge in [0.1, 0.15) is 12.0 Å². The van der Waals surface area contributed by atoms with Gasteiger partial charge < -0.3 is 9.26 Å². The summed E-state index contributed by atoms with van der Waals surface area (Å²) < 4.78 is 49.3. The van der Waals surface area contributed by atoms with E-state index < -0.39 is 17.2 Å². The van der Waals surface area contributed by atoms with Crippen molar-refractivity contribution < 1.29 is 22.2 Å². The zero-order chi connectivity index (χ0) is 17.9. The Bertz CT molecular complexity index is 978. The highest BCUT2D eigenvalue weighted by Gasteiger charge is 2.36. The lowest BCUT2D eigenvalue weighted by Gasteiger charge is -2.24. The molecule has 0 saturated heterocycles. The molecule has 5 nitrogen and oxygen atoms in total. The summed E-state index contributed by atoms with van der Waals surface area (Å²) in [6.45, 7) is 1.96. The number of fused-ring (bicyclic) bond motifs is 1. The summed E-state index contributed by atoms with van der Waals surface area (Å²) in [6, 6.07) is 14.9. The van der Waals surface area contributed by atoms with E-state index in [0.717, 1.165) is 5.41 Å². The molecule has 0 aliphatic carbocycles. The van der Waals surface area contributed by atoms with E-state index in [9.17, 15) is 13.0 Å². The van der Waals surface area contributed by atoms with Gasteiger partial charge in [-0.15, -0.1) is 0 Å². The van der Waals surface area contributed by atoms with Gasteiger partial charge in [-0.1, -0.05) is 30.3 Å². The third kappa shape index (κ3) is 3.47. The highest BCUT2D eigenvalue weighted by molar-refractivity contribution is 7.94. The molecule has 1 atom stereocenters. The standard InChI is InChI=1S/C18H17O5PS/c1-2-23-24(19)15(14-22-17-10-6-7-11-18(17)24)12-13-25(20,21)16-8-4-3-5-9-16/h3-14H,2H2,1H3/b13-12+. The minimum atomic E-state index is -3.66. The lowest BCUT2D eigenvalue weighted by atomic mass is 10.3. The number of para-hydroxylation sites is 1. The van der Waals surface area contributed by atoms with E-state index in [1.54, 1.807) is 49.4 Å². The van der Waals surface area contributed by atoms with Gasteiger partial charge in [-0.2, -0.15) is 0 Å². The molecule has 0 amide bonds. The third-order valence-corrected chi connectivity index (χ3v) is 7.61. The van der Waals surface area contributed by atoms with E-state index >= 15 is 0 Å². The molecule has 1 aliphatic rings. The van der Waals surface area contributed by atoms with Gasteiger partial charge in [0, 0.05) is 5.41 Å². The van der Waals surface area contributed by atoms with E-state index in [2.05, 4.69) is 0 Å². The summed E-state index contributed by atoms with van der Waals surface area (Å²) in [5.74, 6) is 0.447. The zero-order valence-electron chi connectivity index (χ0n) is 13.5. The number of hydrogen-bond acceptors (Lipinski definition) is 5. The van der Waals surface area contributed by atoms with E-state index in [1.165, 1.54) is 24.5 Å². The first-order valence-corrected chi connectivity index (χ1v) is 10.8. The van der Waals surface area contributed by atoms with Gasteiger partial charge in [0.25, 0.3) is 7.37 Å². The number of allylic oxidation sites excluding steroid dienone is 2. The Morgan fingerprint density at radius 1 is 1.08 bits per heavy atom. The van der Waals surface area contributed by atoms with Gasteiger partial charge in [0.2, 0.25) is 0 Å². The Morgan fingerprint density at radius 3 is 2.48 bits per heavy atom. The Kier molecular flexibility index (Phi) is 4.95. The van der Waals surface area contributed by atoms with Crippen LogP contribution in [0.1, 0.15) is 6.92 Å². The van der Waals surface area contributed by atoms with Crippen LogP contribution in [0, 0.1) is 0 Å². The molecule has 0 radical (unpaired) electrons. The van der Waals surface area contributed by atoms with Crippen molar-refractivity contribution >= 4 is 22.5 Å². The van der Waals surface area contributed by atoms with Crippen LogP contribution in [0.3, 0.4) is 0 Å². The molecule has 3 rings (SSSR count). The van der Waals surface area contributed by atoms with E-state index in [-0.39, 0.29) is 16.8 Å². The average molecular weight is 376 g/mol. The van der Waals surface area contributed by atoms with Crippen LogP contribution in [0.25, 0.3) is 0 Å². The second-order valence-electron chi connectivity index (χ2n) is 5.26. The van der Waals surface area contributed by atoms with Crippen LogP contribution in [-0.2, 0) is 18.9 Å². The number of sulfone groups is 1.